The van der Waals surface area contributed by atoms with Crippen LogP contribution in [0.3, 0.4) is 0 Å². The number of amides is 1. The van der Waals surface area contributed by atoms with E-state index in [4.69, 9.17) is 10.00 Å². The van der Waals surface area contributed by atoms with Gasteiger partial charge in [-0.25, -0.2) is 14.3 Å². The van der Waals surface area contributed by atoms with Gasteiger partial charge in [-0.1, -0.05) is 37.3 Å². The van der Waals surface area contributed by atoms with E-state index < -0.39 is 6.09 Å². The molecule has 3 aromatic heterocycles. The van der Waals surface area contributed by atoms with E-state index in [2.05, 4.69) is 65.9 Å². The van der Waals surface area contributed by atoms with Gasteiger partial charge in [0, 0.05) is 62.3 Å². The Morgan fingerprint density at radius 1 is 1.05 bits per heavy atom. The predicted octanol–water partition coefficient (Wildman–Crippen LogP) is 4.51. The van der Waals surface area contributed by atoms with Crippen LogP contribution < -0.4 is 10.6 Å². The van der Waals surface area contributed by atoms with E-state index in [-0.39, 0.29) is 0 Å². The first kappa shape index (κ1) is 29.1. The van der Waals surface area contributed by atoms with Gasteiger partial charge >= 0.3 is 6.09 Å². The van der Waals surface area contributed by atoms with Crippen LogP contribution in [0.2, 0.25) is 0 Å². The van der Waals surface area contributed by atoms with Crippen molar-refractivity contribution in [3.63, 3.8) is 0 Å². The number of nitrogens with zero attached hydrogens (tertiary/aromatic N) is 8. The standard InChI is InChI=1S/C32H36N10O2/c1-2-27-28(38-32(43)44-18-17-40-15-13-39(14-16-40)12-6-11-33)22-42-30(27)31(34-23-36-42)37-26-9-10-29-25(19-26)20-35-41(29)21-24-7-4-3-5-8-24/h3-5,7-10,19-20,22-23H,2,6,12-18,21H2,1H3,(H,38,43)(H,34,36,37). The van der Waals surface area contributed by atoms with Crippen molar-refractivity contribution in [2.75, 3.05) is 56.5 Å². The molecule has 1 fully saturated rings. The first-order chi connectivity index (χ1) is 21.6. The van der Waals surface area contributed by atoms with E-state index in [1.54, 1.807) is 10.7 Å². The van der Waals surface area contributed by atoms with E-state index in [1.165, 1.54) is 11.9 Å². The number of fused-ring (bicyclic) bond motifs is 2. The Morgan fingerprint density at radius 2 is 1.84 bits per heavy atom. The number of hydrogen-bond donors (Lipinski definition) is 2. The fourth-order valence-electron chi connectivity index (χ4n) is 5.67. The van der Waals surface area contributed by atoms with Crippen LogP contribution in [0.5, 0.6) is 0 Å². The zero-order valence-corrected chi connectivity index (χ0v) is 24.8. The molecule has 0 atom stereocenters. The molecule has 12 nitrogen and oxygen atoms in total. The van der Waals surface area contributed by atoms with Crippen LogP contribution in [0.1, 0.15) is 24.5 Å². The highest BCUT2D eigenvalue weighted by Crippen LogP contribution is 2.30. The van der Waals surface area contributed by atoms with Gasteiger partial charge in [0.05, 0.1) is 36.2 Å². The molecular weight excluding hydrogens is 556 g/mol. The Bertz CT molecular complexity index is 1770. The predicted molar refractivity (Wildman–Crippen MR) is 169 cm³/mol. The Labute approximate surface area is 255 Å². The average Bonchev–Trinajstić information content (AvgIpc) is 3.61. The molecule has 5 aromatic rings. The van der Waals surface area contributed by atoms with Crippen LogP contribution in [0.15, 0.2) is 67.3 Å². The third-order valence-corrected chi connectivity index (χ3v) is 7.99. The molecule has 0 saturated carbocycles. The van der Waals surface area contributed by atoms with Crippen molar-refractivity contribution in [1.29, 1.82) is 5.26 Å². The smallest absolute Gasteiger partial charge is 0.411 e. The summed E-state index contributed by atoms with van der Waals surface area (Å²) in [6.07, 6.45) is 5.88. The van der Waals surface area contributed by atoms with Crippen molar-refractivity contribution in [2.24, 2.45) is 0 Å². The summed E-state index contributed by atoms with van der Waals surface area (Å²) in [6.45, 7) is 8.18. The lowest BCUT2D eigenvalue weighted by Gasteiger charge is -2.34. The monoisotopic (exact) mass is 592 g/mol. The van der Waals surface area contributed by atoms with Gasteiger partial charge in [-0.05, 0) is 30.2 Å². The molecule has 1 aliphatic rings. The number of nitriles is 1. The average molecular weight is 593 g/mol. The molecule has 1 aliphatic heterocycles. The Morgan fingerprint density at radius 3 is 2.61 bits per heavy atom. The number of carbonyl (C=O) groups is 1. The summed E-state index contributed by atoms with van der Waals surface area (Å²) in [7, 11) is 0. The highest BCUT2D eigenvalue weighted by atomic mass is 16.5. The summed E-state index contributed by atoms with van der Waals surface area (Å²) >= 11 is 0. The third-order valence-electron chi connectivity index (χ3n) is 7.99. The van der Waals surface area contributed by atoms with Gasteiger partial charge in [-0.15, -0.1) is 0 Å². The maximum absolute atomic E-state index is 12.7. The van der Waals surface area contributed by atoms with Crippen LogP contribution in [0.4, 0.5) is 22.0 Å². The summed E-state index contributed by atoms with van der Waals surface area (Å²) < 4.78 is 9.25. The van der Waals surface area contributed by atoms with E-state index in [9.17, 15) is 4.79 Å². The second kappa shape index (κ2) is 13.5. The molecule has 4 heterocycles. The van der Waals surface area contributed by atoms with Crippen molar-refractivity contribution in [3.8, 4) is 6.07 Å². The lowest BCUT2D eigenvalue weighted by atomic mass is 10.2. The van der Waals surface area contributed by atoms with Gasteiger partial charge in [0.25, 0.3) is 0 Å². The number of aryl methyl sites for hydroxylation is 1. The zero-order valence-electron chi connectivity index (χ0n) is 24.8. The van der Waals surface area contributed by atoms with Crippen LogP contribution in [-0.2, 0) is 17.7 Å². The molecule has 0 radical (unpaired) electrons. The molecule has 12 heteroatoms. The maximum Gasteiger partial charge on any atom is 0.411 e. The minimum atomic E-state index is -0.497. The number of carbonyl (C=O) groups excluding carboxylic acids is 1. The van der Waals surface area contributed by atoms with Crippen molar-refractivity contribution < 1.29 is 9.53 Å². The largest absolute Gasteiger partial charge is 0.448 e. The Kier molecular flexibility index (Phi) is 8.95. The molecule has 44 heavy (non-hydrogen) atoms. The van der Waals surface area contributed by atoms with Gasteiger partial charge in [0.2, 0.25) is 0 Å². The van der Waals surface area contributed by atoms with Gasteiger partial charge in [0.1, 0.15) is 18.5 Å². The maximum atomic E-state index is 12.7. The molecule has 0 spiro atoms. The topological polar surface area (TPSA) is 129 Å². The molecular formula is C32H36N10O2. The van der Waals surface area contributed by atoms with Crippen molar-refractivity contribution in [2.45, 2.75) is 26.3 Å². The highest BCUT2D eigenvalue weighted by Gasteiger charge is 2.19. The fourth-order valence-corrected chi connectivity index (χ4v) is 5.67. The number of nitrogens with one attached hydrogen (secondary N) is 2. The number of rotatable bonds is 11. The van der Waals surface area contributed by atoms with Gasteiger partial charge < -0.3 is 10.1 Å². The van der Waals surface area contributed by atoms with Crippen molar-refractivity contribution in [1.82, 2.24) is 34.2 Å². The normalized spacial score (nSPS) is 14.1. The number of aromatic nitrogens is 5. The van der Waals surface area contributed by atoms with Gasteiger partial charge in [0.15, 0.2) is 5.82 Å². The summed E-state index contributed by atoms with van der Waals surface area (Å²) in [5.74, 6) is 0.642. The zero-order chi connectivity index (χ0) is 30.3. The van der Waals surface area contributed by atoms with E-state index >= 15 is 0 Å². The van der Waals surface area contributed by atoms with Crippen molar-refractivity contribution >= 4 is 39.7 Å². The molecule has 0 bridgehead atoms. The molecule has 6 rings (SSSR count). The van der Waals surface area contributed by atoms with Crippen LogP contribution >= 0.6 is 0 Å². The number of ether oxygens (including phenoxy) is 1. The van der Waals surface area contributed by atoms with Gasteiger partial charge in [-0.2, -0.15) is 15.5 Å². The number of anilines is 3. The van der Waals surface area contributed by atoms with Crippen LogP contribution in [0, 0.1) is 11.3 Å². The summed E-state index contributed by atoms with van der Waals surface area (Å²) in [5.41, 5.74) is 5.46. The first-order valence-corrected chi connectivity index (χ1v) is 15.0. The second-order valence-electron chi connectivity index (χ2n) is 10.8. The SMILES string of the molecule is CCc1c(NC(=O)OCCN2CCN(CCC#N)CC2)cn2ncnc(Nc3ccc4c(cnn4Cc4ccccc4)c3)c12. The summed E-state index contributed by atoms with van der Waals surface area (Å²) in [4.78, 5) is 21.8. The summed E-state index contributed by atoms with van der Waals surface area (Å²) in [5, 5.41) is 25.2. The van der Waals surface area contributed by atoms with E-state index in [1.807, 2.05) is 42.1 Å². The summed E-state index contributed by atoms with van der Waals surface area (Å²) in [6, 6.07) is 18.6. The van der Waals surface area contributed by atoms with Crippen molar-refractivity contribution in [3.05, 3.63) is 78.4 Å². The molecule has 1 saturated heterocycles. The van der Waals surface area contributed by atoms with E-state index in [0.29, 0.717) is 44.0 Å². The number of hydrogen-bond acceptors (Lipinski definition) is 9. The lowest BCUT2D eigenvalue weighted by Crippen LogP contribution is -2.47. The molecule has 2 aromatic carbocycles. The Balaban J connectivity index is 1.10. The van der Waals surface area contributed by atoms with Gasteiger partial charge in [-0.3, -0.25) is 19.8 Å². The highest BCUT2D eigenvalue weighted by molar-refractivity contribution is 5.91. The third kappa shape index (κ3) is 6.64. The quantitative estimate of drug-likeness (QED) is 0.228. The molecule has 0 unspecified atom stereocenters. The molecule has 226 valence electrons. The molecule has 1 amide bonds. The number of piperazine rings is 1. The lowest BCUT2D eigenvalue weighted by molar-refractivity contribution is 0.102. The van der Waals surface area contributed by atoms with E-state index in [0.717, 1.165) is 60.4 Å². The molecule has 0 aliphatic carbocycles. The Hall–Kier alpha value is -4.99. The first-order valence-electron chi connectivity index (χ1n) is 15.0. The second-order valence-corrected chi connectivity index (χ2v) is 10.8. The fraction of sp³-hybridized carbons (Fsp3) is 0.344. The number of benzene rings is 2. The minimum Gasteiger partial charge on any atom is -0.448 e. The van der Waals surface area contributed by atoms with Crippen LogP contribution in [0.25, 0.3) is 16.4 Å². The minimum absolute atomic E-state index is 0.301. The van der Waals surface area contributed by atoms with Crippen LogP contribution in [-0.4, -0.2) is 86.1 Å². The molecule has 2 N–H and O–H groups in total.